The van der Waals surface area contributed by atoms with E-state index in [9.17, 15) is 0 Å². The molecule has 0 amide bonds. The Bertz CT molecular complexity index is 375. The van der Waals surface area contributed by atoms with Crippen LogP contribution in [-0.4, -0.2) is 0 Å². The second kappa shape index (κ2) is 5.85. The zero-order valence-corrected chi connectivity index (χ0v) is 14.9. The first-order valence-electron chi connectivity index (χ1n) is 9.06. The van der Waals surface area contributed by atoms with Gasteiger partial charge in [-0.15, -0.1) is 0 Å². The van der Waals surface area contributed by atoms with Crippen LogP contribution in [0.3, 0.4) is 0 Å². The SMILES string of the molecule is CCC(C)CCC1=C2CCC(C)C(C)[C@H]2C1(C)C(C)C. The Morgan fingerprint density at radius 3 is 2.40 bits per heavy atom. The highest BCUT2D eigenvalue weighted by Gasteiger charge is 2.55. The van der Waals surface area contributed by atoms with Crippen LogP contribution in [0.25, 0.3) is 0 Å². The molecular formula is C20H36. The molecule has 0 nitrogen and oxygen atoms in total. The predicted octanol–water partition coefficient (Wildman–Crippen LogP) is 6.47. The van der Waals surface area contributed by atoms with E-state index in [2.05, 4.69) is 48.5 Å². The number of allylic oxidation sites excluding steroid dienone is 2. The molecule has 20 heavy (non-hydrogen) atoms. The summed E-state index contributed by atoms with van der Waals surface area (Å²) in [6.45, 7) is 17.2. The van der Waals surface area contributed by atoms with Crippen molar-refractivity contribution in [3.8, 4) is 0 Å². The third-order valence-electron chi connectivity index (χ3n) is 7.14. The second-order valence-corrected chi connectivity index (χ2v) is 8.35. The van der Waals surface area contributed by atoms with E-state index < -0.39 is 0 Å². The third kappa shape index (κ3) is 2.38. The molecule has 1 saturated carbocycles. The normalized spacial score (nSPS) is 38.7. The van der Waals surface area contributed by atoms with Crippen molar-refractivity contribution in [3.05, 3.63) is 11.1 Å². The molecule has 2 aliphatic rings. The maximum atomic E-state index is 2.58. The molecule has 0 aliphatic heterocycles. The van der Waals surface area contributed by atoms with Gasteiger partial charge >= 0.3 is 0 Å². The van der Waals surface area contributed by atoms with Crippen LogP contribution in [0.15, 0.2) is 11.1 Å². The quantitative estimate of drug-likeness (QED) is 0.505. The fourth-order valence-electron chi connectivity index (χ4n) is 4.88. The number of rotatable bonds is 5. The van der Waals surface area contributed by atoms with Crippen LogP contribution in [-0.2, 0) is 0 Å². The zero-order valence-electron chi connectivity index (χ0n) is 14.9. The van der Waals surface area contributed by atoms with Crippen molar-refractivity contribution in [2.24, 2.45) is 35.0 Å². The second-order valence-electron chi connectivity index (χ2n) is 8.35. The Kier molecular flexibility index (Phi) is 4.72. The van der Waals surface area contributed by atoms with Crippen LogP contribution in [0.5, 0.6) is 0 Å². The molecule has 5 atom stereocenters. The first-order chi connectivity index (χ1) is 9.33. The Balaban J connectivity index is 2.23. The summed E-state index contributed by atoms with van der Waals surface area (Å²) >= 11 is 0. The van der Waals surface area contributed by atoms with Crippen LogP contribution in [0, 0.1) is 35.0 Å². The summed E-state index contributed by atoms with van der Waals surface area (Å²) in [5, 5.41) is 0. The molecular weight excluding hydrogens is 240 g/mol. The molecule has 2 aliphatic carbocycles. The van der Waals surface area contributed by atoms with Crippen LogP contribution in [0.1, 0.15) is 80.6 Å². The third-order valence-corrected chi connectivity index (χ3v) is 7.14. The van der Waals surface area contributed by atoms with Gasteiger partial charge in [0.25, 0.3) is 0 Å². The van der Waals surface area contributed by atoms with Crippen molar-refractivity contribution in [1.82, 2.24) is 0 Å². The summed E-state index contributed by atoms with van der Waals surface area (Å²) in [6, 6.07) is 0. The summed E-state index contributed by atoms with van der Waals surface area (Å²) in [6.07, 6.45) is 6.92. The van der Waals surface area contributed by atoms with Gasteiger partial charge in [0.1, 0.15) is 0 Å². The van der Waals surface area contributed by atoms with E-state index in [0.717, 1.165) is 29.6 Å². The monoisotopic (exact) mass is 276 g/mol. The fraction of sp³-hybridized carbons (Fsp3) is 0.900. The minimum atomic E-state index is 0.497. The smallest absolute Gasteiger partial charge is 0.00225 e. The maximum absolute atomic E-state index is 2.58. The van der Waals surface area contributed by atoms with E-state index in [0.29, 0.717) is 5.41 Å². The molecule has 4 unspecified atom stereocenters. The molecule has 0 aromatic rings. The van der Waals surface area contributed by atoms with Crippen molar-refractivity contribution in [3.63, 3.8) is 0 Å². The zero-order chi connectivity index (χ0) is 15.1. The van der Waals surface area contributed by atoms with E-state index in [1.165, 1.54) is 32.1 Å². The largest absolute Gasteiger partial charge is 0.0662 e. The summed E-state index contributed by atoms with van der Waals surface area (Å²) in [4.78, 5) is 0. The Morgan fingerprint density at radius 2 is 1.85 bits per heavy atom. The predicted molar refractivity (Wildman–Crippen MR) is 89.7 cm³/mol. The molecule has 0 N–H and O–H groups in total. The highest BCUT2D eigenvalue weighted by Crippen LogP contribution is 2.64. The van der Waals surface area contributed by atoms with Crippen molar-refractivity contribution in [2.45, 2.75) is 80.6 Å². The van der Waals surface area contributed by atoms with Crippen molar-refractivity contribution < 1.29 is 0 Å². The lowest BCUT2D eigenvalue weighted by molar-refractivity contribution is 0.0406. The first-order valence-corrected chi connectivity index (χ1v) is 9.06. The van der Waals surface area contributed by atoms with Gasteiger partial charge in [-0.1, -0.05) is 66.0 Å². The van der Waals surface area contributed by atoms with Crippen LogP contribution < -0.4 is 0 Å². The van der Waals surface area contributed by atoms with Crippen LogP contribution >= 0.6 is 0 Å². The van der Waals surface area contributed by atoms with Gasteiger partial charge in [0.05, 0.1) is 0 Å². The molecule has 0 radical (unpaired) electrons. The Morgan fingerprint density at radius 1 is 1.20 bits per heavy atom. The van der Waals surface area contributed by atoms with Gasteiger partial charge in [0.2, 0.25) is 0 Å². The van der Waals surface area contributed by atoms with Crippen LogP contribution in [0.2, 0.25) is 0 Å². The van der Waals surface area contributed by atoms with Crippen molar-refractivity contribution in [2.75, 3.05) is 0 Å². The van der Waals surface area contributed by atoms with Gasteiger partial charge in [-0.3, -0.25) is 0 Å². The lowest BCUT2D eigenvalue weighted by Crippen LogP contribution is -2.51. The Hall–Kier alpha value is -0.260. The molecule has 0 aromatic carbocycles. The highest BCUT2D eigenvalue weighted by atomic mass is 14.6. The lowest BCUT2D eigenvalue weighted by Gasteiger charge is -2.60. The standard InChI is InChI=1S/C20H36/c1-8-14(4)9-12-18-17-11-10-15(5)16(6)19(17)20(18,7)13(2)3/h13-16,19H,8-12H2,1-7H3/t14?,15?,16?,19-,20?/m1/s1. The lowest BCUT2D eigenvalue weighted by atomic mass is 9.44. The molecule has 1 fully saturated rings. The molecule has 0 aromatic heterocycles. The average molecular weight is 277 g/mol. The average Bonchev–Trinajstić information content (AvgIpc) is 2.40. The van der Waals surface area contributed by atoms with Crippen molar-refractivity contribution >= 4 is 0 Å². The molecule has 0 spiro atoms. The first kappa shape index (κ1) is 16.1. The molecule has 116 valence electrons. The topological polar surface area (TPSA) is 0 Å². The van der Waals surface area contributed by atoms with Crippen LogP contribution in [0.4, 0.5) is 0 Å². The summed E-state index contributed by atoms with van der Waals surface area (Å²) in [5.74, 6) is 4.36. The Labute approximate surface area is 127 Å². The summed E-state index contributed by atoms with van der Waals surface area (Å²) < 4.78 is 0. The fourth-order valence-corrected chi connectivity index (χ4v) is 4.88. The van der Waals surface area contributed by atoms with Gasteiger partial charge in [-0.2, -0.15) is 0 Å². The maximum Gasteiger partial charge on any atom is -0.00225 e. The van der Waals surface area contributed by atoms with E-state index in [-0.39, 0.29) is 0 Å². The minimum Gasteiger partial charge on any atom is -0.0662 e. The summed E-state index contributed by atoms with van der Waals surface area (Å²) in [5.41, 5.74) is 4.25. The molecule has 0 heterocycles. The molecule has 2 rings (SSSR count). The van der Waals surface area contributed by atoms with E-state index in [4.69, 9.17) is 0 Å². The van der Waals surface area contributed by atoms with Crippen molar-refractivity contribution in [1.29, 1.82) is 0 Å². The van der Waals surface area contributed by atoms with Gasteiger partial charge in [-0.25, -0.2) is 0 Å². The molecule has 0 saturated heterocycles. The van der Waals surface area contributed by atoms with Gasteiger partial charge in [0.15, 0.2) is 0 Å². The highest BCUT2D eigenvalue weighted by molar-refractivity contribution is 5.40. The van der Waals surface area contributed by atoms with E-state index in [1.807, 2.05) is 11.1 Å². The molecule has 0 heteroatoms. The van der Waals surface area contributed by atoms with Gasteiger partial charge in [0, 0.05) is 0 Å². The number of hydrogen-bond donors (Lipinski definition) is 0. The molecule has 0 bridgehead atoms. The van der Waals surface area contributed by atoms with E-state index in [1.54, 1.807) is 0 Å². The summed E-state index contributed by atoms with van der Waals surface area (Å²) in [7, 11) is 0. The number of hydrogen-bond acceptors (Lipinski definition) is 0. The van der Waals surface area contributed by atoms with Gasteiger partial charge < -0.3 is 0 Å². The number of fused-ring (bicyclic) bond motifs is 1. The minimum absolute atomic E-state index is 0.497. The van der Waals surface area contributed by atoms with Gasteiger partial charge in [-0.05, 0) is 60.7 Å². The van der Waals surface area contributed by atoms with E-state index >= 15 is 0 Å².